The third kappa shape index (κ3) is 3.07. The van der Waals surface area contributed by atoms with E-state index in [2.05, 4.69) is 5.10 Å². The minimum atomic E-state index is -1.07. The fourth-order valence-corrected chi connectivity index (χ4v) is 3.08. The summed E-state index contributed by atoms with van der Waals surface area (Å²) >= 11 is 6.00. The van der Waals surface area contributed by atoms with Crippen molar-refractivity contribution < 1.29 is 14.7 Å². The molecule has 1 aromatic carbocycles. The van der Waals surface area contributed by atoms with E-state index in [4.69, 9.17) is 11.6 Å². The summed E-state index contributed by atoms with van der Waals surface area (Å²) in [6.07, 6.45) is 0.593. The number of aromatic carboxylic acids is 1. The van der Waals surface area contributed by atoms with Crippen LogP contribution in [0, 0.1) is 0 Å². The van der Waals surface area contributed by atoms with Crippen LogP contribution in [0.2, 0.25) is 5.02 Å². The maximum Gasteiger partial charge on any atom is 0.356 e. The summed E-state index contributed by atoms with van der Waals surface area (Å²) in [6.45, 7) is 2.81. The van der Waals surface area contributed by atoms with Crippen molar-refractivity contribution in [3.05, 3.63) is 51.8 Å². The minimum absolute atomic E-state index is 0.0213. The molecular weight excluding hydrogens is 318 g/mol. The zero-order valence-electron chi connectivity index (χ0n) is 12.6. The van der Waals surface area contributed by atoms with Crippen molar-refractivity contribution in [2.24, 2.45) is 0 Å². The zero-order valence-corrected chi connectivity index (χ0v) is 13.4. The topological polar surface area (TPSA) is 75.4 Å². The molecule has 1 aliphatic rings. The summed E-state index contributed by atoms with van der Waals surface area (Å²) in [5.41, 5.74) is 2.47. The Hall–Kier alpha value is -2.34. The van der Waals surface area contributed by atoms with E-state index in [9.17, 15) is 14.7 Å². The number of carbonyl (C=O) groups excluding carboxylic acids is 1. The molecule has 23 heavy (non-hydrogen) atoms. The molecule has 2 aromatic rings. The second-order valence-corrected chi connectivity index (χ2v) is 5.99. The average molecular weight is 334 g/mol. The Bertz CT molecular complexity index is 785. The van der Waals surface area contributed by atoms with Gasteiger partial charge in [0.2, 0.25) is 5.91 Å². The van der Waals surface area contributed by atoms with Crippen molar-refractivity contribution in [3.63, 3.8) is 0 Å². The lowest BCUT2D eigenvalue weighted by atomic mass is 10.0. The van der Waals surface area contributed by atoms with Crippen LogP contribution in [-0.2, 0) is 24.3 Å². The molecule has 0 unspecified atom stereocenters. The Balaban J connectivity index is 1.98. The highest BCUT2D eigenvalue weighted by molar-refractivity contribution is 6.30. The second-order valence-electron chi connectivity index (χ2n) is 5.56. The molecule has 0 atom stereocenters. The van der Waals surface area contributed by atoms with E-state index in [1.807, 2.05) is 18.2 Å². The lowest BCUT2D eigenvalue weighted by molar-refractivity contribution is -0.129. The Kier molecular flexibility index (Phi) is 4.09. The SMILES string of the molecule is CC(=O)N1CCc2c(c(C(=O)O)nn2Cc2cccc(Cl)c2)C1. The van der Waals surface area contributed by atoms with E-state index in [1.165, 1.54) is 6.92 Å². The van der Waals surface area contributed by atoms with Crippen molar-refractivity contribution in [2.75, 3.05) is 6.54 Å². The summed E-state index contributed by atoms with van der Waals surface area (Å²) in [7, 11) is 0. The van der Waals surface area contributed by atoms with Crippen LogP contribution in [-0.4, -0.2) is 38.2 Å². The molecule has 1 aromatic heterocycles. The van der Waals surface area contributed by atoms with Crippen molar-refractivity contribution in [1.82, 2.24) is 14.7 Å². The number of hydrogen-bond donors (Lipinski definition) is 1. The first kappa shape index (κ1) is 15.6. The molecule has 0 bridgehead atoms. The third-order valence-corrected chi connectivity index (χ3v) is 4.24. The van der Waals surface area contributed by atoms with Crippen LogP contribution in [0.5, 0.6) is 0 Å². The average Bonchev–Trinajstić information content (AvgIpc) is 2.85. The molecule has 7 heteroatoms. The Morgan fingerprint density at radius 3 is 2.83 bits per heavy atom. The maximum atomic E-state index is 11.6. The van der Waals surface area contributed by atoms with Crippen LogP contribution >= 0.6 is 11.6 Å². The summed E-state index contributed by atoms with van der Waals surface area (Å²) in [6, 6.07) is 7.39. The molecule has 1 N–H and O–H groups in total. The van der Waals surface area contributed by atoms with Crippen LogP contribution in [0.15, 0.2) is 24.3 Å². The summed E-state index contributed by atoms with van der Waals surface area (Å²) in [5, 5.41) is 14.3. The first-order valence-electron chi connectivity index (χ1n) is 7.27. The van der Waals surface area contributed by atoms with Crippen LogP contribution in [0.1, 0.15) is 34.2 Å². The first-order chi connectivity index (χ1) is 11.0. The molecule has 6 nitrogen and oxygen atoms in total. The van der Waals surface area contributed by atoms with E-state index in [0.717, 1.165) is 11.3 Å². The largest absolute Gasteiger partial charge is 0.476 e. The highest BCUT2D eigenvalue weighted by atomic mass is 35.5. The quantitative estimate of drug-likeness (QED) is 0.934. The second kappa shape index (κ2) is 6.04. The lowest BCUT2D eigenvalue weighted by Gasteiger charge is -2.26. The van der Waals surface area contributed by atoms with Gasteiger partial charge in [-0.2, -0.15) is 5.10 Å². The number of aromatic nitrogens is 2. The molecule has 0 saturated heterocycles. The van der Waals surface area contributed by atoms with Gasteiger partial charge in [0, 0.05) is 42.7 Å². The normalized spacial score (nSPS) is 13.7. The van der Waals surface area contributed by atoms with Gasteiger partial charge in [0.05, 0.1) is 6.54 Å². The Morgan fingerprint density at radius 2 is 2.17 bits per heavy atom. The standard InChI is InChI=1S/C16H16ClN3O3/c1-10(21)19-6-5-14-13(9-19)15(16(22)23)18-20(14)8-11-3-2-4-12(17)7-11/h2-4,7H,5-6,8-9H2,1H3,(H,22,23). The van der Waals surface area contributed by atoms with Crippen molar-refractivity contribution in [2.45, 2.75) is 26.4 Å². The van der Waals surface area contributed by atoms with Gasteiger partial charge < -0.3 is 10.0 Å². The summed E-state index contributed by atoms with van der Waals surface area (Å²) in [5.74, 6) is -1.13. The van der Waals surface area contributed by atoms with E-state index >= 15 is 0 Å². The zero-order chi connectivity index (χ0) is 16.6. The fraction of sp³-hybridized carbons (Fsp3) is 0.312. The lowest BCUT2D eigenvalue weighted by Crippen LogP contribution is -2.35. The highest BCUT2D eigenvalue weighted by Crippen LogP contribution is 2.24. The number of fused-ring (bicyclic) bond motifs is 1. The molecule has 0 fully saturated rings. The van der Waals surface area contributed by atoms with Crippen molar-refractivity contribution in [3.8, 4) is 0 Å². The van der Waals surface area contributed by atoms with Gasteiger partial charge in [-0.1, -0.05) is 23.7 Å². The molecule has 1 aliphatic heterocycles. The number of halogens is 1. The van der Waals surface area contributed by atoms with Gasteiger partial charge in [-0.3, -0.25) is 9.48 Å². The first-order valence-corrected chi connectivity index (χ1v) is 7.65. The van der Waals surface area contributed by atoms with Gasteiger partial charge >= 0.3 is 5.97 Å². The Morgan fingerprint density at radius 1 is 1.39 bits per heavy atom. The number of benzene rings is 1. The van der Waals surface area contributed by atoms with Gasteiger partial charge in [-0.05, 0) is 17.7 Å². The van der Waals surface area contributed by atoms with Crippen molar-refractivity contribution in [1.29, 1.82) is 0 Å². The number of amides is 1. The molecule has 0 aliphatic carbocycles. The van der Waals surface area contributed by atoms with E-state index in [0.29, 0.717) is 36.6 Å². The van der Waals surface area contributed by atoms with Crippen LogP contribution < -0.4 is 0 Å². The van der Waals surface area contributed by atoms with Crippen LogP contribution in [0.3, 0.4) is 0 Å². The van der Waals surface area contributed by atoms with Gasteiger partial charge in [0.1, 0.15) is 0 Å². The molecule has 0 radical (unpaired) electrons. The number of carboxylic acid groups (broad SMARTS) is 1. The molecule has 120 valence electrons. The minimum Gasteiger partial charge on any atom is -0.476 e. The van der Waals surface area contributed by atoms with Crippen LogP contribution in [0.25, 0.3) is 0 Å². The number of hydrogen-bond acceptors (Lipinski definition) is 3. The fourth-order valence-electron chi connectivity index (χ4n) is 2.87. The van der Waals surface area contributed by atoms with E-state index < -0.39 is 5.97 Å². The number of nitrogens with zero attached hydrogens (tertiary/aromatic N) is 3. The summed E-state index contributed by atoms with van der Waals surface area (Å²) < 4.78 is 1.71. The number of carbonyl (C=O) groups is 2. The van der Waals surface area contributed by atoms with Crippen LogP contribution in [0.4, 0.5) is 0 Å². The molecule has 2 heterocycles. The van der Waals surface area contributed by atoms with E-state index in [-0.39, 0.29) is 11.6 Å². The molecule has 3 rings (SSSR count). The maximum absolute atomic E-state index is 11.6. The monoisotopic (exact) mass is 333 g/mol. The van der Waals surface area contributed by atoms with Gasteiger partial charge in [0.15, 0.2) is 5.69 Å². The van der Waals surface area contributed by atoms with E-state index in [1.54, 1.807) is 15.6 Å². The van der Waals surface area contributed by atoms with Gasteiger partial charge in [0.25, 0.3) is 0 Å². The van der Waals surface area contributed by atoms with Crippen molar-refractivity contribution >= 4 is 23.5 Å². The van der Waals surface area contributed by atoms with Gasteiger partial charge in [-0.15, -0.1) is 0 Å². The third-order valence-electron chi connectivity index (χ3n) is 4.00. The summed E-state index contributed by atoms with van der Waals surface area (Å²) in [4.78, 5) is 24.7. The predicted molar refractivity (Wildman–Crippen MR) is 84.5 cm³/mol. The van der Waals surface area contributed by atoms with Gasteiger partial charge in [-0.25, -0.2) is 4.79 Å². The highest BCUT2D eigenvalue weighted by Gasteiger charge is 2.28. The molecule has 1 amide bonds. The molecule has 0 spiro atoms. The molecular formula is C16H16ClN3O3. The smallest absolute Gasteiger partial charge is 0.356 e. The number of carboxylic acids is 1. The predicted octanol–water partition coefficient (Wildman–Crippen LogP) is 2.19. The number of rotatable bonds is 3. The Labute approximate surface area is 138 Å². The molecule has 0 saturated carbocycles.